The summed E-state index contributed by atoms with van der Waals surface area (Å²) in [6.07, 6.45) is 14.1. The molecule has 1 aromatic rings. The molecule has 3 nitrogen and oxygen atoms in total. The van der Waals surface area contributed by atoms with Gasteiger partial charge in [-0.15, -0.1) is 0 Å². The minimum atomic E-state index is -0.641. The Kier molecular flexibility index (Phi) is 12.9. The van der Waals surface area contributed by atoms with Crippen molar-refractivity contribution in [2.24, 2.45) is 0 Å². The molecule has 0 aliphatic heterocycles. The van der Waals surface area contributed by atoms with E-state index in [1.807, 2.05) is 37.3 Å². The van der Waals surface area contributed by atoms with Gasteiger partial charge in [-0.25, -0.2) is 0 Å². The third kappa shape index (κ3) is 9.95. The number of hydrogen-bond donors (Lipinski definition) is 1. The highest BCUT2D eigenvalue weighted by Crippen LogP contribution is 2.21. The number of carbonyl (C=O) groups is 1. The Bertz CT molecular complexity index is 488. The molecule has 1 aromatic carbocycles. The molecule has 0 aliphatic rings. The van der Waals surface area contributed by atoms with Gasteiger partial charge < -0.3 is 10.0 Å². The number of nitrogens with zero attached hydrogens (tertiary/aromatic N) is 1. The minimum Gasteiger partial charge on any atom is -0.386 e. The Labute approximate surface area is 167 Å². The second-order valence-corrected chi connectivity index (χ2v) is 7.89. The van der Waals surface area contributed by atoms with Crippen molar-refractivity contribution in [2.75, 3.05) is 7.05 Å². The molecule has 0 saturated heterocycles. The van der Waals surface area contributed by atoms with E-state index >= 15 is 0 Å². The molecule has 27 heavy (non-hydrogen) atoms. The highest BCUT2D eigenvalue weighted by atomic mass is 16.3. The Hall–Kier alpha value is -1.35. The molecule has 1 N–H and O–H groups in total. The first-order valence-corrected chi connectivity index (χ1v) is 11.1. The van der Waals surface area contributed by atoms with Gasteiger partial charge in [0, 0.05) is 13.5 Å². The smallest absolute Gasteiger partial charge is 0.222 e. The predicted molar refractivity (Wildman–Crippen MR) is 115 cm³/mol. The molecule has 0 spiro atoms. The monoisotopic (exact) mass is 375 g/mol. The summed E-state index contributed by atoms with van der Waals surface area (Å²) in [5.41, 5.74) is 0.861. The molecule has 0 unspecified atom stereocenters. The lowest BCUT2D eigenvalue weighted by atomic mass is 10.0. The van der Waals surface area contributed by atoms with E-state index in [-0.39, 0.29) is 11.9 Å². The molecule has 2 atom stereocenters. The summed E-state index contributed by atoms with van der Waals surface area (Å²) < 4.78 is 0. The van der Waals surface area contributed by atoms with Gasteiger partial charge in [0.25, 0.3) is 0 Å². The number of carbonyl (C=O) groups excluding carboxylic acids is 1. The highest BCUT2D eigenvalue weighted by molar-refractivity contribution is 5.76. The van der Waals surface area contributed by atoms with Crippen molar-refractivity contribution < 1.29 is 9.90 Å². The number of unbranched alkanes of at least 4 members (excludes halogenated alkanes) is 10. The average molecular weight is 376 g/mol. The molecule has 0 aliphatic carbocycles. The predicted octanol–water partition coefficient (Wildman–Crippen LogP) is 6.27. The van der Waals surface area contributed by atoms with Gasteiger partial charge in [-0.1, -0.05) is 101 Å². The molecule has 1 amide bonds. The number of amides is 1. The van der Waals surface area contributed by atoms with E-state index < -0.39 is 6.10 Å². The molecule has 0 fully saturated rings. The van der Waals surface area contributed by atoms with Crippen LogP contribution in [0.25, 0.3) is 0 Å². The fourth-order valence-corrected chi connectivity index (χ4v) is 3.48. The van der Waals surface area contributed by atoms with E-state index in [9.17, 15) is 9.90 Å². The molecule has 0 saturated carbocycles. The molecular formula is C24H41NO2. The maximum Gasteiger partial charge on any atom is 0.222 e. The third-order valence-corrected chi connectivity index (χ3v) is 5.60. The zero-order valence-corrected chi connectivity index (χ0v) is 17.8. The van der Waals surface area contributed by atoms with Crippen LogP contribution in [0.2, 0.25) is 0 Å². The summed E-state index contributed by atoms with van der Waals surface area (Å²) >= 11 is 0. The summed E-state index contributed by atoms with van der Waals surface area (Å²) in [7, 11) is 1.80. The zero-order valence-electron chi connectivity index (χ0n) is 17.8. The SMILES string of the molecule is CCCCCCCCCCCCCC(=O)N(C)[C@H](C)[C@H](O)c1ccccc1. The zero-order chi connectivity index (χ0) is 19.9. The van der Waals surface area contributed by atoms with Crippen molar-refractivity contribution in [3.8, 4) is 0 Å². The van der Waals surface area contributed by atoms with E-state index in [0.29, 0.717) is 6.42 Å². The fourth-order valence-electron chi connectivity index (χ4n) is 3.48. The van der Waals surface area contributed by atoms with Crippen LogP contribution in [-0.2, 0) is 4.79 Å². The number of benzene rings is 1. The number of hydrogen-bond acceptors (Lipinski definition) is 2. The average Bonchev–Trinajstić information content (AvgIpc) is 2.70. The Balaban J connectivity index is 2.10. The topological polar surface area (TPSA) is 40.5 Å². The van der Waals surface area contributed by atoms with Crippen molar-refractivity contribution in [1.29, 1.82) is 0 Å². The lowest BCUT2D eigenvalue weighted by Crippen LogP contribution is -2.38. The first-order valence-electron chi connectivity index (χ1n) is 11.1. The summed E-state index contributed by atoms with van der Waals surface area (Å²) in [5, 5.41) is 10.5. The van der Waals surface area contributed by atoms with Crippen LogP contribution in [0.1, 0.15) is 103 Å². The standard InChI is InChI=1S/C24H41NO2/c1-4-5-6-7-8-9-10-11-12-13-17-20-23(26)25(3)21(2)24(27)22-18-15-14-16-19-22/h14-16,18-19,21,24,27H,4-13,17,20H2,1-3H3/t21-,24+/m1/s1. The van der Waals surface area contributed by atoms with Gasteiger partial charge in [0.1, 0.15) is 0 Å². The molecule has 3 heteroatoms. The van der Waals surface area contributed by atoms with Crippen LogP contribution >= 0.6 is 0 Å². The molecule has 0 radical (unpaired) electrons. The first kappa shape index (κ1) is 23.7. The number of likely N-dealkylation sites (N-methyl/N-ethyl adjacent to an activating group) is 1. The van der Waals surface area contributed by atoms with Crippen molar-refractivity contribution >= 4 is 5.91 Å². The van der Waals surface area contributed by atoms with Crippen LogP contribution in [-0.4, -0.2) is 29.0 Å². The van der Waals surface area contributed by atoms with E-state index in [1.165, 1.54) is 57.8 Å². The molecule has 0 bridgehead atoms. The first-order chi connectivity index (χ1) is 13.1. The summed E-state index contributed by atoms with van der Waals surface area (Å²) in [5.74, 6) is 0.133. The van der Waals surface area contributed by atoms with Gasteiger partial charge in [-0.05, 0) is 18.9 Å². The van der Waals surface area contributed by atoms with Gasteiger partial charge in [0.15, 0.2) is 0 Å². The van der Waals surface area contributed by atoms with Gasteiger partial charge in [-0.2, -0.15) is 0 Å². The molecular weight excluding hydrogens is 334 g/mol. The molecule has 0 aromatic heterocycles. The van der Waals surface area contributed by atoms with E-state index in [4.69, 9.17) is 0 Å². The number of aliphatic hydroxyl groups is 1. The molecule has 1 rings (SSSR count). The van der Waals surface area contributed by atoms with Crippen LogP contribution in [0.4, 0.5) is 0 Å². The van der Waals surface area contributed by atoms with Crippen LogP contribution in [0.3, 0.4) is 0 Å². The van der Waals surface area contributed by atoms with Gasteiger partial charge in [-0.3, -0.25) is 4.79 Å². The Morgan fingerprint density at radius 2 is 1.37 bits per heavy atom. The van der Waals surface area contributed by atoms with Crippen LogP contribution in [0.5, 0.6) is 0 Å². The minimum absolute atomic E-state index is 0.133. The van der Waals surface area contributed by atoms with Crippen molar-refractivity contribution in [1.82, 2.24) is 4.90 Å². The second-order valence-electron chi connectivity index (χ2n) is 7.89. The quantitative estimate of drug-likeness (QED) is 0.367. The van der Waals surface area contributed by atoms with Crippen molar-refractivity contribution in [2.45, 2.75) is 103 Å². The largest absolute Gasteiger partial charge is 0.386 e. The molecule has 154 valence electrons. The third-order valence-electron chi connectivity index (χ3n) is 5.60. The second kappa shape index (κ2) is 14.7. The van der Waals surface area contributed by atoms with Gasteiger partial charge >= 0.3 is 0 Å². The van der Waals surface area contributed by atoms with Crippen LogP contribution in [0.15, 0.2) is 30.3 Å². The van der Waals surface area contributed by atoms with Crippen LogP contribution in [0, 0.1) is 0 Å². The Morgan fingerprint density at radius 1 is 0.889 bits per heavy atom. The molecule has 0 heterocycles. The lowest BCUT2D eigenvalue weighted by Gasteiger charge is -2.29. The number of aliphatic hydroxyl groups excluding tert-OH is 1. The van der Waals surface area contributed by atoms with E-state index in [1.54, 1.807) is 11.9 Å². The maximum atomic E-state index is 12.4. The highest BCUT2D eigenvalue weighted by Gasteiger charge is 2.23. The summed E-state index contributed by atoms with van der Waals surface area (Å²) in [6.45, 7) is 4.17. The van der Waals surface area contributed by atoms with E-state index in [0.717, 1.165) is 18.4 Å². The summed E-state index contributed by atoms with van der Waals surface area (Å²) in [4.78, 5) is 14.1. The van der Waals surface area contributed by atoms with Crippen molar-refractivity contribution in [3.05, 3.63) is 35.9 Å². The number of rotatable bonds is 15. The van der Waals surface area contributed by atoms with Crippen LogP contribution < -0.4 is 0 Å². The Morgan fingerprint density at radius 3 is 1.89 bits per heavy atom. The fraction of sp³-hybridized carbons (Fsp3) is 0.708. The van der Waals surface area contributed by atoms with E-state index in [2.05, 4.69) is 6.92 Å². The summed E-state index contributed by atoms with van der Waals surface area (Å²) in [6, 6.07) is 9.36. The van der Waals surface area contributed by atoms with Crippen molar-refractivity contribution in [3.63, 3.8) is 0 Å². The van der Waals surface area contributed by atoms with Gasteiger partial charge in [0.05, 0.1) is 12.1 Å². The lowest BCUT2D eigenvalue weighted by molar-refractivity contribution is -0.134. The normalized spacial score (nSPS) is 13.3. The van der Waals surface area contributed by atoms with Gasteiger partial charge in [0.2, 0.25) is 5.91 Å². The maximum absolute atomic E-state index is 12.4.